The van der Waals surface area contributed by atoms with E-state index in [4.69, 9.17) is 52.1 Å². The zero-order valence-corrected chi connectivity index (χ0v) is 57.0. The molecule has 12 aromatic carbocycles. The molecule has 100 heavy (non-hydrogen) atoms. The molecule has 12 rings (SSSR count). The molecule has 0 radical (unpaired) electrons. The fourth-order valence-electron chi connectivity index (χ4n) is 10.7. The van der Waals surface area contributed by atoms with Crippen LogP contribution in [0.1, 0.15) is 88.2 Å². The van der Waals surface area contributed by atoms with Gasteiger partial charge in [0, 0.05) is 6.07 Å². The molecule has 12 nitrogen and oxygen atoms in total. The summed E-state index contributed by atoms with van der Waals surface area (Å²) in [7, 11) is 1.37. The number of benzene rings is 12. The third-order valence-electron chi connectivity index (χ3n) is 16.7. The van der Waals surface area contributed by atoms with Gasteiger partial charge >= 0.3 is 5.97 Å². The second-order valence-electron chi connectivity index (χ2n) is 24.7. The van der Waals surface area contributed by atoms with E-state index in [-0.39, 0.29) is 26.4 Å². The summed E-state index contributed by atoms with van der Waals surface area (Å²) in [6.45, 7) is 11.7. The molecule has 0 aliphatic carbocycles. The molecule has 0 spiro atoms. The van der Waals surface area contributed by atoms with E-state index in [0.29, 0.717) is 79.7 Å². The summed E-state index contributed by atoms with van der Waals surface area (Å²) in [5.74, 6) is 5.98. The summed E-state index contributed by atoms with van der Waals surface area (Å²) in [5, 5.41) is 0. The number of rotatable bonds is 32. The topological polar surface area (TPSA) is 119 Å². The van der Waals surface area contributed by atoms with E-state index < -0.39 is 5.97 Å². The van der Waals surface area contributed by atoms with Crippen molar-refractivity contribution in [1.82, 2.24) is 0 Å². The van der Waals surface area contributed by atoms with Gasteiger partial charge in [0.15, 0.2) is 23.0 Å². The van der Waals surface area contributed by atoms with Gasteiger partial charge in [-0.25, -0.2) is 4.79 Å². The van der Waals surface area contributed by atoms with Gasteiger partial charge in [0.05, 0.1) is 12.7 Å². The average Bonchev–Trinajstić information content (AvgIpc) is 0.828. The SMILES string of the molecule is COC(=O)c1ccc(-c2cc(OCc3ccc(OCc4ccc(OCc5ccc(C)cc5)cc4)c(OCc4ccc(OCc5ccc(C)cc5)cc4)c3)cc(OCc3ccc(OCc4ccc(OCc5ccc(C)cc5)cc4)c(OCc4ccc(OCc5ccc(C)cc5)cc4)c3)c2)cc1. The Kier molecular flexibility index (Phi) is 23.0. The fraction of sp³-hybridized carbons (Fsp3) is 0.170. The molecule has 0 atom stereocenters. The molecule has 0 aliphatic heterocycles. The van der Waals surface area contributed by atoms with E-state index in [9.17, 15) is 4.79 Å². The molecule has 0 saturated heterocycles. The van der Waals surface area contributed by atoms with Crippen LogP contribution < -0.4 is 47.4 Å². The number of ether oxygens (including phenoxy) is 11. The highest BCUT2D eigenvalue weighted by Crippen LogP contribution is 2.36. The van der Waals surface area contributed by atoms with E-state index in [1.165, 1.54) is 29.4 Å². The van der Waals surface area contributed by atoms with Crippen molar-refractivity contribution in [2.75, 3.05) is 7.11 Å². The maximum Gasteiger partial charge on any atom is 0.337 e. The summed E-state index contributed by atoms with van der Waals surface area (Å²) in [6.07, 6.45) is 0. The molecule has 12 heteroatoms. The minimum atomic E-state index is -0.427. The zero-order chi connectivity index (χ0) is 68.8. The van der Waals surface area contributed by atoms with Crippen molar-refractivity contribution in [3.05, 3.63) is 356 Å². The minimum absolute atomic E-state index is 0.176. The summed E-state index contributed by atoms with van der Waals surface area (Å²) in [6, 6.07) is 89.7. The molecule has 0 fully saturated rings. The summed E-state index contributed by atoms with van der Waals surface area (Å²) >= 11 is 0. The molecule has 0 unspecified atom stereocenters. The normalized spacial score (nSPS) is 10.9. The zero-order valence-electron chi connectivity index (χ0n) is 57.0. The summed E-state index contributed by atoms with van der Waals surface area (Å²) in [5.41, 5.74) is 16.8. The van der Waals surface area contributed by atoms with Crippen molar-refractivity contribution < 1.29 is 56.9 Å². The van der Waals surface area contributed by atoms with Gasteiger partial charge < -0.3 is 52.1 Å². The number of esters is 1. The van der Waals surface area contributed by atoms with Crippen LogP contribution >= 0.6 is 0 Å². The molecule has 12 aromatic rings. The first-order valence-electron chi connectivity index (χ1n) is 33.4. The van der Waals surface area contributed by atoms with Crippen molar-refractivity contribution in [3.63, 3.8) is 0 Å². The highest BCUT2D eigenvalue weighted by Gasteiger charge is 2.16. The van der Waals surface area contributed by atoms with E-state index in [1.54, 1.807) is 12.1 Å². The quantitative estimate of drug-likeness (QED) is 0.0374. The van der Waals surface area contributed by atoms with Gasteiger partial charge in [-0.3, -0.25) is 0 Å². The second kappa shape index (κ2) is 33.9. The Bertz CT molecular complexity index is 4310. The lowest BCUT2D eigenvalue weighted by Gasteiger charge is -2.17. The van der Waals surface area contributed by atoms with Crippen LogP contribution in [0.5, 0.6) is 57.5 Å². The van der Waals surface area contributed by atoms with Crippen LogP contribution in [-0.4, -0.2) is 13.1 Å². The molecular formula is C88H80O12. The number of carbonyl (C=O) groups excluding carboxylic acids is 1. The van der Waals surface area contributed by atoms with E-state index in [2.05, 4.69) is 125 Å². The fourth-order valence-corrected chi connectivity index (χ4v) is 10.7. The minimum Gasteiger partial charge on any atom is -0.489 e. The third kappa shape index (κ3) is 20.1. The molecule has 0 bridgehead atoms. The first kappa shape index (κ1) is 68.1. The lowest BCUT2D eigenvalue weighted by molar-refractivity contribution is 0.0600. The molecule has 0 amide bonds. The van der Waals surface area contributed by atoms with Gasteiger partial charge in [-0.15, -0.1) is 0 Å². The summed E-state index contributed by atoms with van der Waals surface area (Å²) < 4.78 is 69.1. The van der Waals surface area contributed by atoms with Crippen molar-refractivity contribution in [2.45, 2.75) is 93.8 Å². The van der Waals surface area contributed by atoms with Gasteiger partial charge in [0.2, 0.25) is 0 Å². The first-order chi connectivity index (χ1) is 48.9. The van der Waals surface area contributed by atoms with E-state index in [1.807, 2.05) is 164 Å². The van der Waals surface area contributed by atoms with Crippen molar-refractivity contribution >= 4 is 5.97 Å². The van der Waals surface area contributed by atoms with Crippen LogP contribution in [0, 0.1) is 27.7 Å². The third-order valence-corrected chi connectivity index (χ3v) is 16.7. The van der Waals surface area contributed by atoms with Crippen LogP contribution in [0.2, 0.25) is 0 Å². The van der Waals surface area contributed by atoms with Crippen molar-refractivity contribution in [3.8, 4) is 68.6 Å². The largest absolute Gasteiger partial charge is 0.489 e. The highest BCUT2D eigenvalue weighted by atomic mass is 16.5. The predicted octanol–water partition coefficient (Wildman–Crippen LogP) is 20.2. The molecule has 0 saturated carbocycles. The van der Waals surface area contributed by atoms with Crippen LogP contribution in [0.15, 0.2) is 273 Å². The van der Waals surface area contributed by atoms with Gasteiger partial charge in [0.25, 0.3) is 0 Å². The number of hydrogen-bond acceptors (Lipinski definition) is 12. The van der Waals surface area contributed by atoms with Gasteiger partial charge in [-0.05, 0) is 192 Å². The van der Waals surface area contributed by atoms with Crippen LogP contribution in [0.25, 0.3) is 11.1 Å². The Morgan fingerprint density at radius 2 is 0.460 bits per heavy atom. The molecule has 0 aromatic heterocycles. The standard InChI is InChI=1S/C88H80O12/c1-61-6-14-65(15-7-61)51-91-78-36-22-69(23-37-78)55-97-84-44-30-73(46-86(84)99-57-71-26-40-80(41-27-71)93-53-67-18-10-63(3)11-19-67)59-95-82-48-77(75-32-34-76(35-33-75)88(89)90-5)49-83(50-82)96-60-74-31-45-85(98-56-70-24-38-79(39-25-70)92-52-66-16-8-62(2)9-17-66)87(47-74)100-58-72-28-42-81(43-29-72)94-54-68-20-12-64(4)13-21-68/h6-50H,51-60H2,1-5H3. The maximum absolute atomic E-state index is 12.5. The van der Waals surface area contributed by atoms with Crippen LogP contribution in [0.3, 0.4) is 0 Å². The second-order valence-corrected chi connectivity index (χ2v) is 24.7. The summed E-state index contributed by atoms with van der Waals surface area (Å²) in [4.78, 5) is 12.5. The number of carbonyl (C=O) groups is 1. The highest BCUT2D eigenvalue weighted by molar-refractivity contribution is 5.90. The Balaban J connectivity index is 0.756. The first-order valence-corrected chi connectivity index (χ1v) is 33.4. The Hall–Kier alpha value is -11.9. The van der Waals surface area contributed by atoms with Crippen molar-refractivity contribution in [2.24, 2.45) is 0 Å². The van der Waals surface area contributed by atoms with Crippen LogP contribution in [0.4, 0.5) is 0 Å². The molecule has 0 N–H and O–H groups in total. The number of aryl methyl sites for hydroxylation is 4. The van der Waals surface area contributed by atoms with Gasteiger partial charge in [0.1, 0.15) is 101 Å². The average molecular weight is 1330 g/mol. The van der Waals surface area contributed by atoms with Crippen molar-refractivity contribution in [1.29, 1.82) is 0 Å². The molecule has 0 aliphatic rings. The Morgan fingerprint density at radius 1 is 0.220 bits per heavy atom. The van der Waals surface area contributed by atoms with E-state index in [0.717, 1.165) is 89.8 Å². The van der Waals surface area contributed by atoms with E-state index >= 15 is 0 Å². The maximum atomic E-state index is 12.5. The molecule has 504 valence electrons. The smallest absolute Gasteiger partial charge is 0.337 e. The number of methoxy groups -OCH3 is 1. The Labute approximate surface area is 585 Å². The lowest BCUT2D eigenvalue weighted by Crippen LogP contribution is -2.04. The lowest BCUT2D eigenvalue weighted by atomic mass is 10.0. The monoisotopic (exact) mass is 1330 g/mol. The van der Waals surface area contributed by atoms with Gasteiger partial charge in [-0.2, -0.15) is 0 Å². The number of hydrogen-bond donors (Lipinski definition) is 0. The predicted molar refractivity (Wildman–Crippen MR) is 390 cm³/mol. The van der Waals surface area contributed by atoms with Gasteiger partial charge in [-0.1, -0.05) is 192 Å². The molecule has 0 heterocycles. The Morgan fingerprint density at radius 3 is 0.750 bits per heavy atom. The molecular weight excluding hydrogens is 1250 g/mol. The van der Waals surface area contributed by atoms with Crippen LogP contribution in [-0.2, 0) is 70.8 Å².